The Labute approximate surface area is 119 Å². The van der Waals surface area contributed by atoms with Gasteiger partial charge in [0.1, 0.15) is 16.4 Å². The molecule has 2 rings (SSSR count). The second kappa shape index (κ2) is 5.85. The Hall–Kier alpha value is -0.520. The molecular weight excluding hydrogens is 286 g/mol. The number of hydrogen-bond donors (Lipinski definition) is 0. The Morgan fingerprint density at radius 1 is 1.53 bits per heavy atom. The highest BCUT2D eigenvalue weighted by Gasteiger charge is 2.32. The monoisotopic (exact) mass is 305 g/mol. The van der Waals surface area contributed by atoms with Gasteiger partial charge in [0.25, 0.3) is 0 Å². The normalized spacial score (nSPS) is 21.7. The van der Waals surface area contributed by atoms with Crippen molar-refractivity contribution in [3.05, 3.63) is 17.6 Å². The number of sulfonamides is 1. The zero-order valence-corrected chi connectivity index (χ0v) is 12.9. The third kappa shape index (κ3) is 2.98. The molecule has 0 aliphatic carbocycles. The number of rotatable bonds is 4. The number of furan rings is 1. The van der Waals surface area contributed by atoms with E-state index in [0.717, 1.165) is 19.3 Å². The second-order valence-electron chi connectivity index (χ2n) is 5.05. The molecule has 1 saturated heterocycles. The summed E-state index contributed by atoms with van der Waals surface area (Å²) in [5.41, 5.74) is 0. The Balaban J connectivity index is 2.28. The lowest BCUT2D eigenvalue weighted by Crippen LogP contribution is -2.39. The number of nitrogens with zero attached hydrogens (tertiary/aromatic N) is 1. The molecule has 0 spiro atoms. The fourth-order valence-electron chi connectivity index (χ4n) is 2.56. The van der Waals surface area contributed by atoms with Crippen LogP contribution in [0.2, 0.25) is 0 Å². The molecule has 1 aliphatic heterocycles. The second-order valence-corrected chi connectivity index (χ2v) is 7.22. The Bertz CT molecular complexity index is 538. The number of piperidine rings is 1. The number of hydrogen-bond acceptors (Lipinski definition) is 3. The van der Waals surface area contributed by atoms with Gasteiger partial charge in [-0.1, -0.05) is 13.3 Å². The highest BCUT2D eigenvalue weighted by Crippen LogP contribution is 2.28. The first-order valence-corrected chi connectivity index (χ1v) is 8.62. The van der Waals surface area contributed by atoms with Crippen molar-refractivity contribution >= 4 is 21.6 Å². The van der Waals surface area contributed by atoms with Gasteiger partial charge in [-0.3, -0.25) is 0 Å². The number of halogens is 1. The van der Waals surface area contributed by atoms with E-state index in [0.29, 0.717) is 30.5 Å². The fourth-order valence-corrected chi connectivity index (χ4v) is 4.44. The first kappa shape index (κ1) is 14.9. The van der Waals surface area contributed by atoms with Gasteiger partial charge in [0.2, 0.25) is 10.0 Å². The van der Waals surface area contributed by atoms with Crippen LogP contribution in [0.4, 0.5) is 0 Å². The van der Waals surface area contributed by atoms with Gasteiger partial charge in [0.05, 0.1) is 5.88 Å². The highest BCUT2D eigenvalue weighted by atomic mass is 35.5. The summed E-state index contributed by atoms with van der Waals surface area (Å²) >= 11 is 5.69. The van der Waals surface area contributed by atoms with Gasteiger partial charge in [0.15, 0.2) is 0 Å². The van der Waals surface area contributed by atoms with E-state index in [2.05, 4.69) is 6.92 Å². The molecule has 0 N–H and O–H groups in total. The van der Waals surface area contributed by atoms with Crippen molar-refractivity contribution in [3.63, 3.8) is 0 Å². The standard InChI is InChI=1S/C13H20ClNO3S/c1-3-11-5-4-6-15(9-11)19(16,17)13-7-12(8-14)18-10(13)2/h7,11H,3-6,8-9H2,1-2H3. The van der Waals surface area contributed by atoms with Crippen LogP contribution in [0.25, 0.3) is 0 Å². The first-order valence-electron chi connectivity index (χ1n) is 6.64. The topological polar surface area (TPSA) is 50.5 Å². The van der Waals surface area contributed by atoms with E-state index in [4.69, 9.17) is 16.0 Å². The lowest BCUT2D eigenvalue weighted by atomic mass is 9.97. The molecule has 1 aromatic rings. The minimum absolute atomic E-state index is 0.188. The molecule has 1 atom stereocenters. The summed E-state index contributed by atoms with van der Waals surface area (Å²) in [4.78, 5) is 0.264. The van der Waals surface area contributed by atoms with Crippen LogP contribution in [0.3, 0.4) is 0 Å². The largest absolute Gasteiger partial charge is 0.464 e. The van der Waals surface area contributed by atoms with Crippen molar-refractivity contribution < 1.29 is 12.8 Å². The molecule has 1 aliphatic rings. The summed E-state index contributed by atoms with van der Waals surface area (Å²) in [6.45, 7) is 4.99. The lowest BCUT2D eigenvalue weighted by molar-refractivity contribution is 0.261. The van der Waals surface area contributed by atoms with Crippen molar-refractivity contribution in [2.24, 2.45) is 5.92 Å². The smallest absolute Gasteiger partial charge is 0.246 e. The van der Waals surface area contributed by atoms with Gasteiger partial charge in [0, 0.05) is 19.2 Å². The van der Waals surface area contributed by atoms with Crippen molar-refractivity contribution in [1.82, 2.24) is 4.31 Å². The molecule has 19 heavy (non-hydrogen) atoms. The highest BCUT2D eigenvalue weighted by molar-refractivity contribution is 7.89. The van der Waals surface area contributed by atoms with Crippen LogP contribution in [-0.2, 0) is 15.9 Å². The zero-order chi connectivity index (χ0) is 14.0. The van der Waals surface area contributed by atoms with Crippen LogP contribution >= 0.6 is 11.6 Å². The molecule has 0 bridgehead atoms. The summed E-state index contributed by atoms with van der Waals surface area (Å²) in [7, 11) is -3.44. The maximum atomic E-state index is 12.6. The minimum Gasteiger partial charge on any atom is -0.464 e. The number of aryl methyl sites for hydroxylation is 1. The van der Waals surface area contributed by atoms with Crippen molar-refractivity contribution in [2.75, 3.05) is 13.1 Å². The van der Waals surface area contributed by atoms with Crippen LogP contribution in [0.15, 0.2) is 15.4 Å². The van der Waals surface area contributed by atoms with Crippen molar-refractivity contribution in [1.29, 1.82) is 0 Å². The molecule has 2 heterocycles. The van der Waals surface area contributed by atoms with Crippen LogP contribution < -0.4 is 0 Å². The summed E-state index contributed by atoms with van der Waals surface area (Å²) in [5, 5.41) is 0. The predicted molar refractivity (Wildman–Crippen MR) is 74.8 cm³/mol. The molecule has 1 unspecified atom stereocenters. The van der Waals surface area contributed by atoms with Gasteiger partial charge < -0.3 is 4.42 Å². The Morgan fingerprint density at radius 2 is 2.26 bits per heavy atom. The lowest BCUT2D eigenvalue weighted by Gasteiger charge is -2.31. The zero-order valence-electron chi connectivity index (χ0n) is 11.4. The third-order valence-corrected chi connectivity index (χ3v) is 5.97. The van der Waals surface area contributed by atoms with Crippen molar-refractivity contribution in [2.45, 2.75) is 43.9 Å². The average molecular weight is 306 g/mol. The van der Waals surface area contributed by atoms with Gasteiger partial charge in [-0.25, -0.2) is 8.42 Å². The Morgan fingerprint density at radius 3 is 2.84 bits per heavy atom. The summed E-state index contributed by atoms with van der Waals surface area (Å²) in [5.74, 6) is 1.58. The Kier molecular flexibility index (Phi) is 4.58. The predicted octanol–water partition coefficient (Wildman–Crippen LogP) is 3.14. The molecular formula is C13H20ClNO3S. The summed E-state index contributed by atoms with van der Waals surface area (Å²) in [6, 6.07) is 1.55. The van der Waals surface area contributed by atoms with E-state index >= 15 is 0 Å². The van der Waals surface area contributed by atoms with E-state index in [9.17, 15) is 8.42 Å². The average Bonchev–Trinajstić information content (AvgIpc) is 2.81. The van der Waals surface area contributed by atoms with Crippen LogP contribution in [0.5, 0.6) is 0 Å². The van der Waals surface area contributed by atoms with E-state index in [1.54, 1.807) is 17.3 Å². The first-order chi connectivity index (χ1) is 8.98. The molecule has 6 heteroatoms. The molecule has 1 fully saturated rings. The fraction of sp³-hybridized carbons (Fsp3) is 0.692. The van der Waals surface area contributed by atoms with E-state index in [-0.39, 0.29) is 10.8 Å². The molecule has 1 aromatic heterocycles. The van der Waals surface area contributed by atoms with Gasteiger partial charge in [-0.15, -0.1) is 11.6 Å². The molecule has 4 nitrogen and oxygen atoms in total. The van der Waals surface area contributed by atoms with E-state index in [1.807, 2.05) is 0 Å². The SMILES string of the molecule is CCC1CCCN(S(=O)(=O)c2cc(CCl)oc2C)C1. The van der Waals surface area contributed by atoms with Crippen LogP contribution in [-0.4, -0.2) is 25.8 Å². The number of alkyl halides is 1. The molecule has 108 valence electrons. The van der Waals surface area contributed by atoms with Crippen molar-refractivity contribution in [3.8, 4) is 0 Å². The maximum absolute atomic E-state index is 12.6. The van der Waals surface area contributed by atoms with Crippen LogP contribution in [0.1, 0.15) is 37.7 Å². The molecule has 0 radical (unpaired) electrons. The minimum atomic E-state index is -3.44. The van der Waals surface area contributed by atoms with Crippen LogP contribution in [0, 0.1) is 12.8 Å². The third-order valence-electron chi connectivity index (χ3n) is 3.73. The molecule has 0 saturated carbocycles. The van der Waals surface area contributed by atoms with Gasteiger partial charge in [-0.2, -0.15) is 4.31 Å². The summed E-state index contributed by atoms with van der Waals surface area (Å²) < 4.78 is 32.2. The molecule has 0 amide bonds. The quantitative estimate of drug-likeness (QED) is 0.803. The van der Waals surface area contributed by atoms with E-state index < -0.39 is 10.0 Å². The van der Waals surface area contributed by atoms with Gasteiger partial charge >= 0.3 is 0 Å². The van der Waals surface area contributed by atoms with Gasteiger partial charge in [-0.05, 0) is 25.7 Å². The maximum Gasteiger partial charge on any atom is 0.246 e. The summed E-state index contributed by atoms with van der Waals surface area (Å²) in [6.07, 6.45) is 3.06. The molecule has 0 aromatic carbocycles. The van der Waals surface area contributed by atoms with E-state index in [1.165, 1.54) is 0 Å².